The second kappa shape index (κ2) is 6.71. The summed E-state index contributed by atoms with van der Waals surface area (Å²) in [6.07, 6.45) is 2.51. The van der Waals surface area contributed by atoms with Crippen molar-refractivity contribution in [2.24, 2.45) is 17.3 Å². The van der Waals surface area contributed by atoms with Gasteiger partial charge in [-0.05, 0) is 52.4 Å². The summed E-state index contributed by atoms with van der Waals surface area (Å²) in [5, 5.41) is 0. The monoisotopic (exact) mass is 394 g/mol. The predicted octanol–water partition coefficient (Wildman–Crippen LogP) is 2.54. The second-order valence-electron chi connectivity index (χ2n) is 9.29. The third kappa shape index (κ3) is 2.85. The molecule has 3 aliphatic heterocycles. The van der Waals surface area contributed by atoms with E-state index >= 15 is 0 Å². The van der Waals surface area contributed by atoms with Gasteiger partial charge in [0.05, 0.1) is 5.41 Å². The van der Waals surface area contributed by atoms with Crippen LogP contribution in [0, 0.1) is 17.3 Å². The summed E-state index contributed by atoms with van der Waals surface area (Å²) in [6.45, 7) is 7.55. The van der Waals surface area contributed by atoms with Gasteiger partial charge in [-0.25, -0.2) is 0 Å². The fraction of sp³-hybridized carbons (Fsp3) is 0.857. The van der Waals surface area contributed by atoms with Crippen LogP contribution in [0.3, 0.4) is 0 Å². The van der Waals surface area contributed by atoms with Crippen LogP contribution in [0.1, 0.15) is 66.2 Å². The van der Waals surface area contributed by atoms with Gasteiger partial charge in [0.1, 0.15) is 29.6 Å². The maximum absolute atomic E-state index is 13.1. The lowest BCUT2D eigenvalue weighted by Gasteiger charge is -2.33. The highest BCUT2D eigenvalue weighted by molar-refractivity contribution is 5.87. The third-order valence-corrected chi connectivity index (χ3v) is 7.33. The first kappa shape index (κ1) is 19.7. The van der Waals surface area contributed by atoms with Crippen molar-refractivity contribution in [3.05, 3.63) is 0 Å². The SMILES string of the molecule is CCC1(OC(=O)C2C3OC4C(OC(=O)C42)C3OC(=O)C(C)(C)CC)CCCC1. The first-order chi connectivity index (χ1) is 13.2. The van der Waals surface area contributed by atoms with Crippen LogP contribution < -0.4 is 0 Å². The topological polar surface area (TPSA) is 88.1 Å². The minimum Gasteiger partial charge on any atom is -0.459 e. The fourth-order valence-corrected chi connectivity index (χ4v) is 5.00. The fourth-order valence-electron chi connectivity index (χ4n) is 5.00. The molecule has 3 heterocycles. The van der Waals surface area contributed by atoms with E-state index < -0.39 is 59.2 Å². The number of esters is 3. The molecule has 1 aliphatic carbocycles. The van der Waals surface area contributed by atoms with Gasteiger partial charge in [0.15, 0.2) is 12.2 Å². The highest BCUT2D eigenvalue weighted by atomic mass is 16.7. The maximum atomic E-state index is 13.1. The molecule has 28 heavy (non-hydrogen) atoms. The van der Waals surface area contributed by atoms with Gasteiger partial charge >= 0.3 is 17.9 Å². The normalized spacial score (nSPS) is 37.8. The zero-order valence-electron chi connectivity index (χ0n) is 17.1. The van der Waals surface area contributed by atoms with Gasteiger partial charge in [0, 0.05) is 0 Å². The van der Waals surface area contributed by atoms with Crippen LogP contribution in [0.15, 0.2) is 0 Å². The molecule has 0 spiro atoms. The van der Waals surface area contributed by atoms with E-state index in [0.29, 0.717) is 6.42 Å². The zero-order valence-corrected chi connectivity index (χ0v) is 17.1. The number of hydrogen-bond acceptors (Lipinski definition) is 7. The number of carbonyl (C=O) groups excluding carboxylic acids is 3. The molecule has 2 bridgehead atoms. The lowest BCUT2D eigenvalue weighted by Crippen LogP contribution is -2.50. The molecule has 0 radical (unpaired) electrons. The quantitative estimate of drug-likeness (QED) is 0.505. The molecule has 6 unspecified atom stereocenters. The number of hydrogen-bond donors (Lipinski definition) is 0. The van der Waals surface area contributed by atoms with Crippen LogP contribution in [0.25, 0.3) is 0 Å². The highest BCUT2D eigenvalue weighted by Crippen LogP contribution is 2.52. The van der Waals surface area contributed by atoms with E-state index in [1.165, 1.54) is 0 Å². The van der Waals surface area contributed by atoms with Gasteiger partial charge in [-0.15, -0.1) is 0 Å². The molecule has 0 aromatic heterocycles. The Labute approximate surface area is 165 Å². The summed E-state index contributed by atoms with van der Waals surface area (Å²) >= 11 is 0. The smallest absolute Gasteiger partial charge is 0.313 e. The van der Waals surface area contributed by atoms with Crippen LogP contribution in [-0.4, -0.2) is 47.9 Å². The van der Waals surface area contributed by atoms with Gasteiger partial charge in [-0.2, -0.15) is 0 Å². The molecule has 0 amide bonds. The maximum Gasteiger partial charge on any atom is 0.313 e. The molecule has 6 atom stereocenters. The van der Waals surface area contributed by atoms with Crippen LogP contribution in [-0.2, 0) is 33.3 Å². The summed E-state index contributed by atoms with van der Waals surface area (Å²) in [7, 11) is 0. The Balaban J connectivity index is 1.55. The van der Waals surface area contributed by atoms with Crippen molar-refractivity contribution in [1.29, 1.82) is 0 Å². The van der Waals surface area contributed by atoms with E-state index in [1.807, 2.05) is 27.7 Å². The van der Waals surface area contributed by atoms with E-state index in [2.05, 4.69) is 0 Å². The van der Waals surface area contributed by atoms with Gasteiger partial charge in [-0.3, -0.25) is 14.4 Å². The van der Waals surface area contributed by atoms with E-state index in [9.17, 15) is 14.4 Å². The molecule has 4 fully saturated rings. The second-order valence-corrected chi connectivity index (χ2v) is 9.29. The minimum atomic E-state index is -0.775. The third-order valence-electron chi connectivity index (χ3n) is 7.33. The van der Waals surface area contributed by atoms with Crippen molar-refractivity contribution < 1.29 is 33.3 Å². The van der Waals surface area contributed by atoms with Crippen LogP contribution in [0.2, 0.25) is 0 Å². The van der Waals surface area contributed by atoms with Crippen molar-refractivity contribution >= 4 is 17.9 Å². The van der Waals surface area contributed by atoms with Crippen molar-refractivity contribution in [2.75, 3.05) is 0 Å². The molecule has 7 nitrogen and oxygen atoms in total. The minimum absolute atomic E-state index is 0.372. The molecule has 0 N–H and O–H groups in total. The molecule has 1 saturated carbocycles. The molecule has 4 rings (SSSR count). The summed E-state index contributed by atoms with van der Waals surface area (Å²) in [5.74, 6) is -2.68. The summed E-state index contributed by atoms with van der Waals surface area (Å²) in [5.41, 5.74) is -1.10. The summed E-state index contributed by atoms with van der Waals surface area (Å²) in [6, 6.07) is 0. The molecular formula is C21H30O7. The Morgan fingerprint density at radius 3 is 2.43 bits per heavy atom. The Morgan fingerprint density at radius 2 is 1.82 bits per heavy atom. The largest absolute Gasteiger partial charge is 0.459 e. The van der Waals surface area contributed by atoms with E-state index in [1.54, 1.807) is 0 Å². The number of rotatable bonds is 6. The van der Waals surface area contributed by atoms with Gasteiger partial charge in [0.25, 0.3) is 0 Å². The van der Waals surface area contributed by atoms with E-state index in [-0.39, 0.29) is 5.97 Å². The Hall–Kier alpha value is -1.63. The Morgan fingerprint density at radius 1 is 1.14 bits per heavy atom. The molecular weight excluding hydrogens is 364 g/mol. The van der Waals surface area contributed by atoms with Crippen molar-refractivity contribution in [3.8, 4) is 0 Å². The molecule has 3 saturated heterocycles. The number of ether oxygens (including phenoxy) is 4. The lowest BCUT2D eigenvalue weighted by molar-refractivity contribution is -0.176. The average molecular weight is 394 g/mol. The van der Waals surface area contributed by atoms with Crippen molar-refractivity contribution in [1.82, 2.24) is 0 Å². The number of carbonyl (C=O) groups is 3. The lowest BCUT2D eigenvalue weighted by atomic mass is 9.78. The molecule has 4 aliphatic rings. The highest BCUT2D eigenvalue weighted by Gasteiger charge is 2.72. The molecule has 156 valence electrons. The molecule has 7 heteroatoms. The standard InChI is InChI=1S/C21H30O7/c1-5-20(3,4)19(24)27-16-14-12(11-13(25-14)15(16)26-17(11)22)18(23)28-21(6-2)9-7-8-10-21/h11-16H,5-10H2,1-4H3. The summed E-state index contributed by atoms with van der Waals surface area (Å²) < 4.78 is 23.1. The van der Waals surface area contributed by atoms with Gasteiger partial charge in [0.2, 0.25) is 0 Å². The zero-order chi connectivity index (χ0) is 20.3. The Kier molecular flexibility index (Phi) is 4.72. The number of fused-ring (bicyclic) bond motifs is 1. The van der Waals surface area contributed by atoms with Gasteiger partial charge in [-0.1, -0.05) is 13.8 Å². The predicted molar refractivity (Wildman–Crippen MR) is 97.1 cm³/mol. The van der Waals surface area contributed by atoms with Crippen LogP contribution >= 0.6 is 0 Å². The van der Waals surface area contributed by atoms with E-state index in [0.717, 1.165) is 32.1 Å². The first-order valence-corrected chi connectivity index (χ1v) is 10.5. The van der Waals surface area contributed by atoms with Crippen molar-refractivity contribution in [3.63, 3.8) is 0 Å². The summed E-state index contributed by atoms with van der Waals surface area (Å²) in [4.78, 5) is 38.2. The molecule has 0 aromatic rings. The van der Waals surface area contributed by atoms with Gasteiger partial charge < -0.3 is 18.9 Å². The van der Waals surface area contributed by atoms with Crippen LogP contribution in [0.5, 0.6) is 0 Å². The Bertz CT molecular complexity index is 678. The van der Waals surface area contributed by atoms with Crippen molar-refractivity contribution in [2.45, 2.75) is 96.2 Å². The first-order valence-electron chi connectivity index (χ1n) is 10.5. The average Bonchev–Trinajstić information content (AvgIpc) is 3.39. The molecule has 0 aromatic carbocycles. The van der Waals surface area contributed by atoms with Crippen LogP contribution in [0.4, 0.5) is 0 Å². The van der Waals surface area contributed by atoms with E-state index in [4.69, 9.17) is 18.9 Å².